The number of hydrogen-bond donors (Lipinski definition) is 5. The fraction of sp³-hybridized carbons (Fsp3) is 0.384. The number of fused-ring (bicyclic) bond motifs is 2. The molecule has 0 unspecified atom stereocenters. The van der Waals surface area contributed by atoms with Crippen LogP contribution >= 0.6 is 7.26 Å². The number of carbonyl (C=O) groups is 6. The van der Waals surface area contributed by atoms with Crippen LogP contribution < -0.4 is 59.1 Å². The standard InChI is InChI=1S/C73H86N9O12PS2.BrH/c1-72(2)61-48-59(96(89,90)91)36-38-64(61)80(5)66(72)32-17-9-18-33-67-73(3,4)62-49-60(97(92,93)94)37-39-65(62)82(67)43-22-10-19-34-68(85)74-41-24-42-81-51-53(78-79-81)50-76-71(88)63(31-20-21-40-75-70(87)52-45-54(83)47-55(84)46-52)77-69(86)35-23-44-95(56-25-11-6-12-26-56,57-27-13-7-14-28-57)58-29-15-8-16-30-58;/h6-9,11-18,25-30,32-33,36-39,48-49,51-52,63H,10,19-24,31,34-35,40-47,50H2,1-5H3,(H4-2,74,75,76,77,85,86,87,88,89,90,91,92,93,94);1H/t63-;/m0./s1. The molecular weight excluding hydrogens is 1370 g/mol. The third-order valence-corrected chi connectivity index (χ3v) is 24.7. The second-order valence-corrected chi connectivity index (χ2v) is 32.5. The Balaban J connectivity index is 0.0000122. The average molecular weight is 1460 g/mol. The summed E-state index contributed by atoms with van der Waals surface area (Å²) in [5.74, 6) is -2.28. The van der Waals surface area contributed by atoms with Crippen molar-refractivity contribution >= 4 is 95.7 Å². The van der Waals surface area contributed by atoms with Crippen molar-refractivity contribution in [3.63, 3.8) is 0 Å². The Hall–Kier alpha value is -8.12. The van der Waals surface area contributed by atoms with Gasteiger partial charge in [0, 0.05) is 86.4 Å². The third kappa shape index (κ3) is 18.8. The van der Waals surface area contributed by atoms with Crippen LogP contribution in [0, 0.1) is 5.92 Å². The minimum absolute atomic E-state index is 0. The molecule has 3 heterocycles. The lowest BCUT2D eigenvalue weighted by atomic mass is 9.81. The zero-order chi connectivity index (χ0) is 69.5. The number of allylic oxidation sites excluding steroid dienone is 6. The molecule has 2 aliphatic heterocycles. The van der Waals surface area contributed by atoms with Gasteiger partial charge >= 0.3 is 0 Å². The van der Waals surface area contributed by atoms with E-state index in [2.05, 4.69) is 72.9 Å². The van der Waals surface area contributed by atoms with Crippen molar-refractivity contribution in [2.75, 3.05) is 37.7 Å². The molecule has 1 aromatic heterocycles. The lowest BCUT2D eigenvalue weighted by Crippen LogP contribution is -3.00. The van der Waals surface area contributed by atoms with Gasteiger partial charge in [0.1, 0.15) is 63.6 Å². The quantitative estimate of drug-likeness (QED) is 0.00917. The molecule has 21 nitrogen and oxygen atoms in total. The van der Waals surface area contributed by atoms with Gasteiger partial charge in [-0.15, -0.1) is 5.10 Å². The topological polar surface area (TPSA) is 299 Å². The number of hydrogen-bond acceptors (Lipinski definition) is 14. The molecule has 1 fully saturated rings. The van der Waals surface area contributed by atoms with Crippen molar-refractivity contribution in [1.82, 2.24) is 36.3 Å². The SMILES string of the molecule is C[N+]1=C(/C=C/C=C/C=C2/N(CCCCCC(=O)NCCCn3cc(CNC(=O)[C@H](CCCCNC(=O)C4CC(=O)CC(=O)C4)NC(=O)CCC[P+](c4ccccc4)(c4ccccc4)c4ccccc4)nn3)c3ccc(S(=O)(=O)O)cc3C2(C)C)C(C)(C)c2cc(S(=O)(=O)[O-])ccc21.[Br-]. The highest BCUT2D eigenvalue weighted by Crippen LogP contribution is 2.56. The number of halogens is 1. The second kappa shape index (κ2) is 33.6. The van der Waals surface area contributed by atoms with Crippen molar-refractivity contribution in [3.8, 4) is 0 Å². The number of aromatic nitrogens is 3. The van der Waals surface area contributed by atoms with E-state index in [-0.39, 0.29) is 101 Å². The molecule has 5 N–H and O–H groups in total. The maximum absolute atomic E-state index is 14.0. The van der Waals surface area contributed by atoms with E-state index >= 15 is 0 Å². The molecule has 0 radical (unpaired) electrons. The maximum Gasteiger partial charge on any atom is 0.294 e. The first-order chi connectivity index (χ1) is 46.3. The van der Waals surface area contributed by atoms with Gasteiger partial charge in [-0.2, -0.15) is 13.0 Å². The van der Waals surface area contributed by atoms with Crippen molar-refractivity contribution in [2.24, 2.45) is 5.92 Å². The summed E-state index contributed by atoms with van der Waals surface area (Å²) in [5.41, 5.74) is 4.09. The van der Waals surface area contributed by atoms with E-state index < -0.39 is 56.2 Å². The van der Waals surface area contributed by atoms with Gasteiger partial charge in [-0.05, 0) is 137 Å². The van der Waals surface area contributed by atoms with Crippen LogP contribution in [0.15, 0.2) is 179 Å². The number of aryl methyl sites for hydroxylation is 1. The Morgan fingerprint density at radius 3 is 1.94 bits per heavy atom. The number of benzene rings is 5. The summed E-state index contributed by atoms with van der Waals surface area (Å²) < 4.78 is 73.6. The number of amides is 4. The summed E-state index contributed by atoms with van der Waals surface area (Å²) in [4.78, 5) is 79.5. The highest BCUT2D eigenvalue weighted by Gasteiger charge is 2.46. The lowest BCUT2D eigenvalue weighted by molar-refractivity contribution is -0.401. The predicted molar refractivity (Wildman–Crippen MR) is 375 cm³/mol. The van der Waals surface area contributed by atoms with Gasteiger partial charge in [0.25, 0.3) is 10.1 Å². The zero-order valence-electron chi connectivity index (χ0n) is 56.0. The highest BCUT2D eigenvalue weighted by molar-refractivity contribution is 7.95. The number of Topliss-reactive ketones (excluding diaryl/α,β-unsaturated/α-hetero) is 2. The molecule has 98 heavy (non-hydrogen) atoms. The first-order valence-corrected chi connectivity index (χ1v) is 37.8. The van der Waals surface area contributed by atoms with E-state index in [1.807, 2.05) is 124 Å². The molecule has 5 aromatic carbocycles. The van der Waals surface area contributed by atoms with Crippen LogP contribution in [0.2, 0.25) is 0 Å². The van der Waals surface area contributed by atoms with E-state index in [4.69, 9.17) is 0 Å². The molecule has 6 aromatic rings. The Morgan fingerprint density at radius 2 is 1.31 bits per heavy atom. The van der Waals surface area contributed by atoms with Crippen LogP contribution in [0.25, 0.3) is 0 Å². The summed E-state index contributed by atoms with van der Waals surface area (Å²) >= 11 is 0. The van der Waals surface area contributed by atoms with E-state index in [9.17, 15) is 54.7 Å². The fourth-order valence-corrected chi connectivity index (χ4v) is 18.7. The molecule has 0 spiro atoms. The molecule has 520 valence electrons. The van der Waals surface area contributed by atoms with Gasteiger partial charge in [-0.25, -0.2) is 8.42 Å². The van der Waals surface area contributed by atoms with E-state index in [0.29, 0.717) is 76.4 Å². The van der Waals surface area contributed by atoms with Crippen LogP contribution in [0.3, 0.4) is 0 Å². The molecule has 3 aliphatic rings. The largest absolute Gasteiger partial charge is 1.00 e. The number of rotatable bonds is 32. The molecule has 9 rings (SSSR count). The van der Waals surface area contributed by atoms with E-state index in [1.54, 1.807) is 23.0 Å². The van der Waals surface area contributed by atoms with E-state index in [1.165, 1.54) is 40.2 Å². The third-order valence-electron chi connectivity index (χ3n) is 18.5. The number of nitrogens with one attached hydrogen (secondary N) is 4. The van der Waals surface area contributed by atoms with Crippen LogP contribution in [0.5, 0.6) is 0 Å². The van der Waals surface area contributed by atoms with Crippen molar-refractivity contribution < 1.29 is 76.3 Å². The minimum atomic E-state index is -4.64. The van der Waals surface area contributed by atoms with Crippen LogP contribution in [0.4, 0.5) is 11.4 Å². The normalized spacial score (nSPS) is 16.1. The van der Waals surface area contributed by atoms with Crippen molar-refractivity contribution in [2.45, 2.75) is 151 Å². The van der Waals surface area contributed by atoms with Gasteiger partial charge in [0.05, 0.1) is 46.4 Å². The Kier molecular flexibility index (Phi) is 26.0. The van der Waals surface area contributed by atoms with E-state index in [0.717, 1.165) is 40.3 Å². The molecule has 4 amide bonds. The number of carbonyl (C=O) groups excluding carboxylic acids is 6. The minimum Gasteiger partial charge on any atom is -1.00 e. The van der Waals surface area contributed by atoms with Gasteiger partial charge < -0.3 is 47.7 Å². The summed E-state index contributed by atoms with van der Waals surface area (Å²) in [6, 6.07) is 39.4. The molecule has 1 aliphatic carbocycles. The van der Waals surface area contributed by atoms with Crippen molar-refractivity contribution in [3.05, 3.63) is 186 Å². The number of anilines is 1. The average Bonchev–Trinajstić information content (AvgIpc) is 1.57. The van der Waals surface area contributed by atoms with Gasteiger partial charge in [0.15, 0.2) is 5.71 Å². The second-order valence-electron chi connectivity index (χ2n) is 26.0. The lowest BCUT2D eigenvalue weighted by Gasteiger charge is -2.27. The van der Waals surface area contributed by atoms with Crippen LogP contribution in [-0.4, -0.2) is 125 Å². The zero-order valence-corrected chi connectivity index (χ0v) is 60.1. The summed E-state index contributed by atoms with van der Waals surface area (Å²) in [7, 11) is -9.44. The van der Waals surface area contributed by atoms with Gasteiger partial charge in [-0.1, -0.05) is 98.3 Å². The number of nitrogens with zero attached hydrogens (tertiary/aromatic N) is 5. The Labute approximate surface area is 585 Å². The van der Waals surface area contributed by atoms with Crippen LogP contribution in [-0.2, 0) is 72.9 Å². The summed E-state index contributed by atoms with van der Waals surface area (Å²) in [6.07, 6.45) is 16.8. The van der Waals surface area contributed by atoms with Gasteiger partial charge in [-0.3, -0.25) is 38.0 Å². The highest BCUT2D eigenvalue weighted by atomic mass is 79.9. The number of ketones is 2. The first-order valence-electron chi connectivity index (χ1n) is 33.0. The molecule has 1 atom stereocenters. The Morgan fingerprint density at radius 1 is 0.694 bits per heavy atom. The monoisotopic (exact) mass is 1460 g/mol. The fourth-order valence-electron chi connectivity index (χ4n) is 13.4. The molecular formula is C73H87BrN9O12PS2. The van der Waals surface area contributed by atoms with Crippen LogP contribution in [0.1, 0.15) is 128 Å². The molecule has 25 heteroatoms. The van der Waals surface area contributed by atoms with Gasteiger partial charge in [0.2, 0.25) is 29.3 Å². The van der Waals surface area contributed by atoms with Crippen molar-refractivity contribution in [1.29, 1.82) is 0 Å². The maximum atomic E-state index is 14.0. The summed E-state index contributed by atoms with van der Waals surface area (Å²) in [5, 5.41) is 23.9. The molecule has 1 saturated carbocycles. The smallest absolute Gasteiger partial charge is 0.294 e. The molecule has 0 saturated heterocycles. The number of unbranched alkanes of at least 4 members (excludes halogenated alkanes) is 3. The Bertz CT molecular complexity index is 4130. The first kappa shape index (κ1) is 75.6. The summed E-state index contributed by atoms with van der Waals surface area (Å²) in [6.45, 7) is 9.63. The molecule has 0 bridgehead atoms. The predicted octanol–water partition coefficient (Wildman–Crippen LogP) is 5.10.